The summed E-state index contributed by atoms with van der Waals surface area (Å²) < 4.78 is 0. The highest BCUT2D eigenvalue weighted by molar-refractivity contribution is 5.76. The topological polar surface area (TPSA) is 81.0 Å². The number of hydrogen-bond donors (Lipinski definition) is 1. The molecule has 1 saturated carbocycles. The Labute approximate surface area is 122 Å². The zero-order chi connectivity index (χ0) is 14.8. The third-order valence-electron chi connectivity index (χ3n) is 4.00. The van der Waals surface area contributed by atoms with Crippen molar-refractivity contribution in [3.8, 4) is 11.3 Å². The molecule has 1 aliphatic carbocycles. The van der Waals surface area contributed by atoms with Gasteiger partial charge < -0.3 is 5.32 Å². The highest BCUT2D eigenvalue weighted by Gasteiger charge is 2.24. The minimum atomic E-state index is -0.443. The van der Waals surface area contributed by atoms with Gasteiger partial charge in [0.2, 0.25) is 5.82 Å². The molecule has 0 aliphatic heterocycles. The number of benzene rings is 1. The number of hydrogen-bond acceptors (Lipinski definition) is 5. The minimum Gasteiger partial charge on any atom is -0.367 e. The summed E-state index contributed by atoms with van der Waals surface area (Å²) in [7, 11) is 1.61. The van der Waals surface area contributed by atoms with Gasteiger partial charge in [0.25, 0.3) is 0 Å². The summed E-state index contributed by atoms with van der Waals surface area (Å²) in [6, 6.07) is 7.90. The first kappa shape index (κ1) is 13.5. The van der Waals surface area contributed by atoms with E-state index in [0.29, 0.717) is 11.6 Å². The Bertz CT molecular complexity index is 666. The molecule has 21 heavy (non-hydrogen) atoms. The van der Waals surface area contributed by atoms with Gasteiger partial charge >= 0.3 is 5.69 Å². The van der Waals surface area contributed by atoms with Crippen molar-refractivity contribution in [2.45, 2.75) is 25.2 Å². The zero-order valence-corrected chi connectivity index (χ0v) is 11.7. The molecule has 2 aromatic rings. The van der Waals surface area contributed by atoms with Crippen molar-refractivity contribution in [2.24, 2.45) is 0 Å². The Balaban J connectivity index is 2.01. The maximum absolute atomic E-state index is 11.3. The summed E-state index contributed by atoms with van der Waals surface area (Å²) in [6.07, 6.45) is 5.09. The van der Waals surface area contributed by atoms with Crippen LogP contribution in [0.4, 0.5) is 11.5 Å². The van der Waals surface area contributed by atoms with Crippen molar-refractivity contribution in [3.63, 3.8) is 0 Å². The molecule has 1 aliphatic rings. The molecule has 6 heteroatoms. The first-order valence-corrected chi connectivity index (χ1v) is 6.98. The maximum Gasteiger partial charge on any atom is 0.337 e. The Morgan fingerprint density at radius 3 is 2.48 bits per heavy atom. The Morgan fingerprint density at radius 2 is 1.95 bits per heavy atom. The Kier molecular flexibility index (Phi) is 3.51. The molecule has 0 spiro atoms. The summed E-state index contributed by atoms with van der Waals surface area (Å²) in [5.74, 6) is 0.875. The molecule has 0 atom stereocenters. The van der Waals surface area contributed by atoms with Gasteiger partial charge in [-0.2, -0.15) is 0 Å². The third kappa shape index (κ3) is 2.44. The molecule has 3 rings (SSSR count). The number of rotatable bonds is 4. The van der Waals surface area contributed by atoms with Crippen LogP contribution in [0, 0.1) is 10.1 Å². The molecule has 1 aromatic heterocycles. The van der Waals surface area contributed by atoms with Gasteiger partial charge in [-0.15, -0.1) is 0 Å². The van der Waals surface area contributed by atoms with Gasteiger partial charge in [-0.1, -0.05) is 30.7 Å². The predicted octanol–water partition coefficient (Wildman–Crippen LogP) is 3.36. The maximum atomic E-state index is 11.3. The molecule has 1 aromatic carbocycles. The van der Waals surface area contributed by atoms with E-state index in [1.165, 1.54) is 31.2 Å². The second-order valence-electron chi connectivity index (χ2n) is 5.18. The van der Waals surface area contributed by atoms with E-state index in [1.54, 1.807) is 7.05 Å². The number of aromatic nitrogens is 2. The SMILES string of the molecule is CNc1ncnc(-c2ccc(C3CCC3)cc2)c1[N+](=O)[O-]. The van der Waals surface area contributed by atoms with Gasteiger partial charge in [0.15, 0.2) is 5.69 Å². The highest BCUT2D eigenvalue weighted by atomic mass is 16.6. The van der Waals surface area contributed by atoms with Crippen molar-refractivity contribution in [2.75, 3.05) is 12.4 Å². The lowest BCUT2D eigenvalue weighted by Gasteiger charge is -2.25. The van der Waals surface area contributed by atoms with E-state index in [-0.39, 0.29) is 11.5 Å². The van der Waals surface area contributed by atoms with Gasteiger partial charge in [0, 0.05) is 12.6 Å². The predicted molar refractivity (Wildman–Crippen MR) is 80.3 cm³/mol. The summed E-state index contributed by atoms with van der Waals surface area (Å²) >= 11 is 0. The van der Waals surface area contributed by atoms with Crippen LogP contribution in [0.15, 0.2) is 30.6 Å². The fourth-order valence-corrected chi connectivity index (χ4v) is 2.60. The van der Waals surface area contributed by atoms with Crippen LogP contribution in [0.3, 0.4) is 0 Å². The normalized spacial score (nSPS) is 14.5. The number of nitrogens with zero attached hydrogens (tertiary/aromatic N) is 3. The molecule has 108 valence electrons. The van der Waals surface area contributed by atoms with E-state index in [1.807, 2.05) is 24.3 Å². The summed E-state index contributed by atoms with van der Waals surface area (Å²) in [5.41, 5.74) is 2.30. The minimum absolute atomic E-state index is 0.0867. The summed E-state index contributed by atoms with van der Waals surface area (Å²) in [6.45, 7) is 0. The number of nitrogens with one attached hydrogen (secondary N) is 1. The standard InChI is InChI=1S/C15H16N4O2/c1-16-15-14(19(20)21)13(17-9-18-15)12-7-5-11(6-8-12)10-3-2-4-10/h5-10H,2-4H2,1H3,(H,16,17,18). The second-order valence-corrected chi connectivity index (χ2v) is 5.18. The molecule has 1 N–H and O–H groups in total. The molecule has 0 amide bonds. The molecule has 0 radical (unpaired) electrons. The van der Waals surface area contributed by atoms with Crippen LogP contribution in [-0.4, -0.2) is 21.9 Å². The molecule has 0 bridgehead atoms. The first-order chi connectivity index (χ1) is 10.2. The van der Waals surface area contributed by atoms with Gasteiger partial charge in [0.05, 0.1) is 4.92 Å². The highest BCUT2D eigenvalue weighted by Crippen LogP contribution is 2.38. The fourth-order valence-electron chi connectivity index (χ4n) is 2.60. The van der Waals surface area contributed by atoms with Crippen LogP contribution in [0.1, 0.15) is 30.7 Å². The van der Waals surface area contributed by atoms with E-state index >= 15 is 0 Å². The first-order valence-electron chi connectivity index (χ1n) is 6.98. The lowest BCUT2D eigenvalue weighted by molar-refractivity contribution is -0.383. The average Bonchev–Trinajstić information content (AvgIpc) is 2.45. The Hall–Kier alpha value is -2.50. The lowest BCUT2D eigenvalue weighted by atomic mass is 9.80. The zero-order valence-electron chi connectivity index (χ0n) is 11.7. The van der Waals surface area contributed by atoms with E-state index in [2.05, 4.69) is 15.3 Å². The van der Waals surface area contributed by atoms with Crippen molar-refractivity contribution in [1.82, 2.24) is 9.97 Å². The second kappa shape index (κ2) is 5.47. The number of nitro groups is 1. The van der Waals surface area contributed by atoms with Crippen LogP contribution in [0.2, 0.25) is 0 Å². The van der Waals surface area contributed by atoms with Crippen molar-refractivity contribution in [3.05, 3.63) is 46.3 Å². The molecule has 1 heterocycles. The molecular formula is C15H16N4O2. The largest absolute Gasteiger partial charge is 0.367 e. The molecule has 6 nitrogen and oxygen atoms in total. The van der Waals surface area contributed by atoms with Crippen molar-refractivity contribution in [1.29, 1.82) is 0 Å². The molecule has 0 saturated heterocycles. The van der Waals surface area contributed by atoms with Crippen molar-refractivity contribution < 1.29 is 4.92 Å². The van der Waals surface area contributed by atoms with E-state index < -0.39 is 4.92 Å². The fraction of sp³-hybridized carbons (Fsp3) is 0.333. The van der Waals surface area contributed by atoms with Crippen LogP contribution in [0.25, 0.3) is 11.3 Å². The van der Waals surface area contributed by atoms with Crippen LogP contribution < -0.4 is 5.32 Å². The number of anilines is 1. The van der Waals surface area contributed by atoms with Gasteiger partial charge in [-0.25, -0.2) is 9.97 Å². The molecule has 0 unspecified atom stereocenters. The quantitative estimate of drug-likeness (QED) is 0.687. The lowest BCUT2D eigenvalue weighted by Crippen LogP contribution is -2.08. The van der Waals surface area contributed by atoms with E-state index in [0.717, 1.165) is 5.56 Å². The van der Waals surface area contributed by atoms with Gasteiger partial charge in [0.1, 0.15) is 6.33 Å². The summed E-state index contributed by atoms with van der Waals surface area (Å²) in [4.78, 5) is 18.9. The van der Waals surface area contributed by atoms with E-state index in [4.69, 9.17) is 0 Å². The van der Waals surface area contributed by atoms with E-state index in [9.17, 15) is 10.1 Å². The summed E-state index contributed by atoms with van der Waals surface area (Å²) in [5, 5.41) is 14.0. The average molecular weight is 284 g/mol. The van der Waals surface area contributed by atoms with Crippen molar-refractivity contribution >= 4 is 11.5 Å². The van der Waals surface area contributed by atoms with Crippen LogP contribution in [0.5, 0.6) is 0 Å². The third-order valence-corrected chi connectivity index (χ3v) is 4.00. The molecular weight excluding hydrogens is 268 g/mol. The smallest absolute Gasteiger partial charge is 0.337 e. The van der Waals surface area contributed by atoms with Crippen LogP contribution in [-0.2, 0) is 0 Å². The van der Waals surface area contributed by atoms with Crippen LogP contribution >= 0.6 is 0 Å². The van der Waals surface area contributed by atoms with Gasteiger partial charge in [-0.05, 0) is 24.3 Å². The molecule has 1 fully saturated rings. The Morgan fingerprint density at radius 1 is 1.24 bits per heavy atom. The monoisotopic (exact) mass is 284 g/mol. The van der Waals surface area contributed by atoms with Gasteiger partial charge in [-0.3, -0.25) is 10.1 Å².